The molecule has 106 valence electrons. The fourth-order valence-corrected chi connectivity index (χ4v) is 2.14. The average molecular weight is 256 g/mol. The van der Waals surface area contributed by atoms with E-state index >= 15 is 0 Å². The Morgan fingerprint density at radius 1 is 0.944 bits per heavy atom. The number of aliphatic hydroxyl groups is 1. The van der Waals surface area contributed by atoms with Gasteiger partial charge in [0.1, 0.15) is 12.6 Å². The number of aldehydes is 2. The van der Waals surface area contributed by atoms with Gasteiger partial charge in [0.2, 0.25) is 0 Å². The molecule has 1 N–H and O–H groups in total. The minimum atomic E-state index is -0.571. The Kier molecular flexibility index (Phi) is 12.3. The van der Waals surface area contributed by atoms with Gasteiger partial charge in [-0.2, -0.15) is 0 Å². The van der Waals surface area contributed by atoms with Crippen LogP contribution in [0.25, 0.3) is 0 Å². The van der Waals surface area contributed by atoms with Gasteiger partial charge in [0.25, 0.3) is 0 Å². The molecule has 0 fully saturated rings. The van der Waals surface area contributed by atoms with Crippen LogP contribution >= 0.6 is 0 Å². The maximum Gasteiger partial charge on any atom is 0.125 e. The van der Waals surface area contributed by atoms with Gasteiger partial charge in [-0.05, 0) is 12.8 Å². The van der Waals surface area contributed by atoms with E-state index in [0.717, 1.165) is 25.4 Å². The highest BCUT2D eigenvalue weighted by Crippen LogP contribution is 2.16. The summed E-state index contributed by atoms with van der Waals surface area (Å²) in [6.07, 6.45) is 11.0. The van der Waals surface area contributed by atoms with E-state index in [0.29, 0.717) is 19.3 Å². The van der Waals surface area contributed by atoms with E-state index in [1.807, 2.05) is 0 Å². The van der Waals surface area contributed by atoms with Gasteiger partial charge >= 0.3 is 0 Å². The Hall–Kier alpha value is -0.700. The van der Waals surface area contributed by atoms with Crippen LogP contribution in [0.15, 0.2) is 0 Å². The lowest BCUT2D eigenvalue weighted by Crippen LogP contribution is -2.21. The molecule has 0 saturated heterocycles. The van der Waals surface area contributed by atoms with Crippen molar-refractivity contribution < 1.29 is 14.7 Å². The second kappa shape index (κ2) is 12.7. The second-order valence-corrected chi connectivity index (χ2v) is 5.02. The fourth-order valence-electron chi connectivity index (χ4n) is 2.14. The summed E-state index contributed by atoms with van der Waals surface area (Å²) >= 11 is 0. The van der Waals surface area contributed by atoms with Crippen LogP contribution in [0.2, 0.25) is 0 Å². The number of carbonyl (C=O) groups excluding carboxylic acids is 2. The largest absolute Gasteiger partial charge is 0.392 e. The number of rotatable bonds is 13. The maximum absolute atomic E-state index is 10.8. The minimum absolute atomic E-state index is 0.359. The summed E-state index contributed by atoms with van der Waals surface area (Å²) in [5.74, 6) is -0.365. The molecule has 2 unspecified atom stereocenters. The minimum Gasteiger partial charge on any atom is -0.392 e. The molecule has 0 aromatic carbocycles. The van der Waals surface area contributed by atoms with Gasteiger partial charge in [-0.3, -0.25) is 0 Å². The molecule has 0 bridgehead atoms. The van der Waals surface area contributed by atoms with Crippen molar-refractivity contribution in [1.29, 1.82) is 0 Å². The smallest absolute Gasteiger partial charge is 0.125 e. The molecule has 0 radical (unpaired) electrons. The van der Waals surface area contributed by atoms with Crippen LogP contribution in [-0.4, -0.2) is 23.8 Å². The van der Waals surface area contributed by atoms with Crippen molar-refractivity contribution in [2.75, 3.05) is 0 Å². The average Bonchev–Trinajstić information content (AvgIpc) is 2.38. The standard InChI is InChI=1S/C15H28O3/c1-2-3-4-5-6-7-8-11-15(18)14(13-17)10-9-12-16/h12-15,18H,2-11H2,1H3. The van der Waals surface area contributed by atoms with E-state index in [9.17, 15) is 14.7 Å². The Morgan fingerprint density at radius 2 is 1.56 bits per heavy atom. The van der Waals surface area contributed by atoms with E-state index < -0.39 is 6.10 Å². The van der Waals surface area contributed by atoms with E-state index in [2.05, 4.69) is 6.92 Å². The SMILES string of the molecule is CCCCCCCCCC(O)C(C=O)CCC=O. The molecule has 0 spiro atoms. The maximum atomic E-state index is 10.8. The van der Waals surface area contributed by atoms with Crippen molar-refractivity contribution >= 4 is 12.6 Å². The Bertz CT molecular complexity index is 204. The van der Waals surface area contributed by atoms with Crippen LogP contribution in [-0.2, 0) is 9.59 Å². The zero-order valence-corrected chi connectivity index (χ0v) is 11.6. The lowest BCUT2D eigenvalue weighted by atomic mass is 9.94. The van der Waals surface area contributed by atoms with Crippen molar-refractivity contribution in [2.45, 2.75) is 77.2 Å². The molecule has 3 nitrogen and oxygen atoms in total. The van der Waals surface area contributed by atoms with E-state index in [1.165, 1.54) is 32.1 Å². The first-order chi connectivity index (χ1) is 8.76. The molecule has 0 aromatic rings. The first kappa shape index (κ1) is 17.3. The van der Waals surface area contributed by atoms with Crippen molar-refractivity contribution in [3.8, 4) is 0 Å². The first-order valence-electron chi connectivity index (χ1n) is 7.33. The van der Waals surface area contributed by atoms with Gasteiger partial charge in [-0.15, -0.1) is 0 Å². The first-order valence-corrected chi connectivity index (χ1v) is 7.33. The van der Waals surface area contributed by atoms with Gasteiger partial charge in [0.15, 0.2) is 0 Å². The fraction of sp³-hybridized carbons (Fsp3) is 0.867. The number of hydrogen-bond donors (Lipinski definition) is 1. The summed E-state index contributed by atoms with van der Waals surface area (Å²) in [6, 6.07) is 0. The highest BCUT2D eigenvalue weighted by molar-refractivity contribution is 5.56. The van der Waals surface area contributed by atoms with Gasteiger partial charge in [0, 0.05) is 12.3 Å². The molecule has 0 aliphatic heterocycles. The zero-order valence-electron chi connectivity index (χ0n) is 11.6. The predicted octanol–water partition coefficient (Wildman–Crippen LogP) is 3.28. The number of hydrogen-bond acceptors (Lipinski definition) is 3. The second-order valence-electron chi connectivity index (χ2n) is 5.02. The number of aliphatic hydroxyl groups excluding tert-OH is 1. The van der Waals surface area contributed by atoms with Crippen molar-refractivity contribution in [1.82, 2.24) is 0 Å². The normalized spacial score (nSPS) is 14.1. The van der Waals surface area contributed by atoms with Crippen LogP contribution < -0.4 is 0 Å². The molecule has 0 amide bonds. The van der Waals surface area contributed by atoms with Gasteiger partial charge < -0.3 is 14.7 Å². The molecule has 0 aliphatic rings. The summed E-state index contributed by atoms with van der Waals surface area (Å²) in [6.45, 7) is 2.20. The Labute approximate surface area is 111 Å². The highest BCUT2D eigenvalue weighted by atomic mass is 16.3. The van der Waals surface area contributed by atoms with Crippen LogP contribution in [0.1, 0.15) is 71.1 Å². The van der Waals surface area contributed by atoms with Gasteiger partial charge in [-0.1, -0.05) is 51.9 Å². The summed E-state index contributed by atoms with van der Waals surface area (Å²) in [7, 11) is 0. The molecule has 2 atom stereocenters. The summed E-state index contributed by atoms with van der Waals surface area (Å²) < 4.78 is 0. The third-order valence-electron chi connectivity index (χ3n) is 3.39. The van der Waals surface area contributed by atoms with E-state index in [4.69, 9.17) is 0 Å². The predicted molar refractivity (Wildman–Crippen MR) is 73.5 cm³/mol. The van der Waals surface area contributed by atoms with Crippen LogP contribution in [0.5, 0.6) is 0 Å². The monoisotopic (exact) mass is 256 g/mol. The summed E-state index contributed by atoms with van der Waals surface area (Å²) in [5, 5.41) is 9.83. The van der Waals surface area contributed by atoms with Gasteiger partial charge in [-0.25, -0.2) is 0 Å². The molecule has 3 heteroatoms. The quantitative estimate of drug-likeness (QED) is 0.406. The van der Waals surface area contributed by atoms with Crippen LogP contribution in [0.3, 0.4) is 0 Å². The molecule has 0 heterocycles. The third kappa shape index (κ3) is 9.34. The van der Waals surface area contributed by atoms with E-state index in [-0.39, 0.29) is 5.92 Å². The molecular formula is C15H28O3. The third-order valence-corrected chi connectivity index (χ3v) is 3.39. The Morgan fingerprint density at radius 3 is 2.11 bits per heavy atom. The molecule has 0 saturated carbocycles. The lowest BCUT2D eigenvalue weighted by Gasteiger charge is -2.16. The van der Waals surface area contributed by atoms with Crippen LogP contribution in [0, 0.1) is 5.92 Å². The number of unbranched alkanes of at least 4 members (excludes halogenated alkanes) is 6. The molecule has 0 aromatic heterocycles. The topological polar surface area (TPSA) is 54.4 Å². The Balaban J connectivity index is 3.51. The molecular weight excluding hydrogens is 228 g/mol. The molecule has 0 aliphatic carbocycles. The van der Waals surface area contributed by atoms with E-state index in [1.54, 1.807) is 0 Å². The lowest BCUT2D eigenvalue weighted by molar-refractivity contribution is -0.115. The van der Waals surface area contributed by atoms with Crippen molar-refractivity contribution in [3.63, 3.8) is 0 Å². The summed E-state index contributed by atoms with van der Waals surface area (Å²) in [4.78, 5) is 21.0. The summed E-state index contributed by atoms with van der Waals surface area (Å²) in [5.41, 5.74) is 0. The van der Waals surface area contributed by atoms with Crippen molar-refractivity contribution in [2.24, 2.45) is 5.92 Å². The van der Waals surface area contributed by atoms with Gasteiger partial charge in [0.05, 0.1) is 6.10 Å². The molecule has 18 heavy (non-hydrogen) atoms. The van der Waals surface area contributed by atoms with Crippen LogP contribution in [0.4, 0.5) is 0 Å². The molecule has 0 rings (SSSR count). The van der Waals surface area contributed by atoms with Crippen molar-refractivity contribution in [3.05, 3.63) is 0 Å². The number of carbonyl (C=O) groups is 2. The highest BCUT2D eigenvalue weighted by Gasteiger charge is 2.17. The zero-order chi connectivity index (χ0) is 13.6.